The number of nitrogens with one attached hydrogen (secondary N) is 1. The number of benzene rings is 1. The van der Waals surface area contributed by atoms with E-state index in [2.05, 4.69) is 5.32 Å². The molecule has 1 atom stereocenters. The molecule has 0 saturated heterocycles. The van der Waals surface area contributed by atoms with Crippen LogP contribution in [-0.2, 0) is 0 Å². The summed E-state index contributed by atoms with van der Waals surface area (Å²) in [5.74, 6) is 0. The van der Waals surface area contributed by atoms with Gasteiger partial charge in [0.15, 0.2) is 0 Å². The van der Waals surface area contributed by atoms with E-state index in [1.165, 1.54) is 6.07 Å². The molecule has 18 heavy (non-hydrogen) atoms. The van der Waals surface area contributed by atoms with Crippen molar-refractivity contribution in [1.29, 1.82) is 0 Å². The van der Waals surface area contributed by atoms with Gasteiger partial charge in [-0.2, -0.15) is 0 Å². The molecule has 0 radical (unpaired) electrons. The maximum atomic E-state index is 10.7. The van der Waals surface area contributed by atoms with Crippen molar-refractivity contribution in [2.24, 2.45) is 0 Å². The lowest BCUT2D eigenvalue weighted by atomic mass is 10.2. The van der Waals surface area contributed by atoms with Gasteiger partial charge in [-0.1, -0.05) is 0 Å². The predicted octanol–water partition coefficient (Wildman–Crippen LogP) is 0.268. The number of rotatable bonds is 6. The molecule has 9 heteroatoms. The highest BCUT2D eigenvalue weighted by Crippen LogP contribution is 2.28. The summed E-state index contributed by atoms with van der Waals surface area (Å²) in [5.41, 5.74) is -0.817. The third kappa shape index (κ3) is 3.37. The largest absolute Gasteiger partial charge is 0.394 e. The Hall–Kier alpha value is -2.26. The van der Waals surface area contributed by atoms with Crippen molar-refractivity contribution in [3.05, 3.63) is 38.4 Å². The van der Waals surface area contributed by atoms with Gasteiger partial charge in [-0.05, 0) is 6.07 Å². The van der Waals surface area contributed by atoms with Gasteiger partial charge in [-0.3, -0.25) is 20.2 Å². The molecule has 0 bridgehead atoms. The SMILES string of the molecule is O=[N+]([O-])c1ccc(NCC(O)CO)c([N+](=O)[O-])c1. The van der Waals surface area contributed by atoms with Crippen molar-refractivity contribution in [3.63, 3.8) is 0 Å². The van der Waals surface area contributed by atoms with Gasteiger partial charge < -0.3 is 15.5 Å². The van der Waals surface area contributed by atoms with Crippen LogP contribution in [0.1, 0.15) is 0 Å². The van der Waals surface area contributed by atoms with Gasteiger partial charge in [-0.15, -0.1) is 0 Å². The Kier molecular flexibility index (Phi) is 4.52. The number of non-ortho nitro benzene ring substituents is 1. The highest BCUT2D eigenvalue weighted by Gasteiger charge is 2.19. The molecule has 1 aromatic carbocycles. The Labute approximate surface area is 101 Å². The Morgan fingerprint density at radius 1 is 1.28 bits per heavy atom. The molecular weight excluding hydrogens is 246 g/mol. The van der Waals surface area contributed by atoms with E-state index < -0.39 is 33.9 Å². The Morgan fingerprint density at radius 2 is 1.94 bits per heavy atom. The summed E-state index contributed by atoms with van der Waals surface area (Å²) >= 11 is 0. The average Bonchev–Trinajstić information content (AvgIpc) is 2.35. The smallest absolute Gasteiger partial charge is 0.299 e. The summed E-state index contributed by atoms with van der Waals surface area (Å²) < 4.78 is 0. The highest BCUT2D eigenvalue weighted by molar-refractivity contribution is 5.65. The van der Waals surface area contributed by atoms with Crippen molar-refractivity contribution in [1.82, 2.24) is 0 Å². The number of hydrogen-bond acceptors (Lipinski definition) is 7. The molecule has 0 aromatic heterocycles. The van der Waals surface area contributed by atoms with Crippen LogP contribution in [0.25, 0.3) is 0 Å². The number of nitro benzene ring substituents is 2. The summed E-state index contributed by atoms with van der Waals surface area (Å²) in [6, 6.07) is 3.12. The molecule has 1 aromatic rings. The lowest BCUT2D eigenvalue weighted by Gasteiger charge is -2.10. The molecule has 1 rings (SSSR count). The molecule has 0 aliphatic rings. The van der Waals surface area contributed by atoms with Gasteiger partial charge in [0.25, 0.3) is 11.4 Å². The van der Waals surface area contributed by atoms with Gasteiger partial charge in [0, 0.05) is 12.6 Å². The van der Waals surface area contributed by atoms with Crippen molar-refractivity contribution >= 4 is 17.1 Å². The zero-order valence-corrected chi connectivity index (χ0v) is 9.15. The predicted molar refractivity (Wildman–Crippen MR) is 61.3 cm³/mol. The molecule has 98 valence electrons. The topological polar surface area (TPSA) is 139 Å². The Balaban J connectivity index is 2.97. The first-order valence-corrected chi connectivity index (χ1v) is 4.91. The van der Waals surface area contributed by atoms with Crippen LogP contribution in [0, 0.1) is 20.2 Å². The minimum atomic E-state index is -1.07. The van der Waals surface area contributed by atoms with Crippen molar-refractivity contribution in [2.75, 3.05) is 18.5 Å². The summed E-state index contributed by atoms with van der Waals surface area (Å²) in [5, 5.41) is 41.5. The first-order valence-electron chi connectivity index (χ1n) is 4.91. The van der Waals surface area contributed by atoms with Gasteiger partial charge in [0.1, 0.15) is 5.69 Å². The lowest BCUT2D eigenvalue weighted by molar-refractivity contribution is -0.393. The third-order valence-corrected chi connectivity index (χ3v) is 2.13. The first kappa shape index (κ1) is 13.8. The van der Waals surface area contributed by atoms with Gasteiger partial charge >= 0.3 is 0 Å². The molecule has 0 amide bonds. The zero-order chi connectivity index (χ0) is 13.7. The van der Waals surface area contributed by atoms with E-state index in [0.717, 1.165) is 12.1 Å². The monoisotopic (exact) mass is 257 g/mol. The van der Waals surface area contributed by atoms with Crippen LogP contribution < -0.4 is 5.32 Å². The zero-order valence-electron chi connectivity index (χ0n) is 9.15. The number of nitrogens with zero attached hydrogens (tertiary/aromatic N) is 2. The van der Waals surface area contributed by atoms with Crippen LogP contribution in [0.2, 0.25) is 0 Å². The molecule has 0 aliphatic heterocycles. The van der Waals surface area contributed by atoms with Crippen LogP contribution >= 0.6 is 0 Å². The van der Waals surface area contributed by atoms with E-state index >= 15 is 0 Å². The second-order valence-corrected chi connectivity index (χ2v) is 3.43. The molecular formula is C9H11N3O6. The summed E-state index contributed by atoms with van der Waals surface area (Å²) in [7, 11) is 0. The van der Waals surface area contributed by atoms with Crippen LogP contribution in [-0.4, -0.2) is 39.3 Å². The number of hydrogen-bond donors (Lipinski definition) is 3. The van der Waals surface area contributed by atoms with E-state index in [4.69, 9.17) is 10.2 Å². The van der Waals surface area contributed by atoms with Crippen molar-refractivity contribution < 1.29 is 20.1 Å². The molecule has 0 saturated carbocycles. The number of aliphatic hydroxyl groups is 2. The summed E-state index contributed by atoms with van der Waals surface area (Å²) in [6.45, 7) is -0.594. The minimum absolute atomic E-state index is 0.0399. The number of aliphatic hydroxyl groups excluding tert-OH is 2. The Bertz CT molecular complexity index is 464. The lowest BCUT2D eigenvalue weighted by Crippen LogP contribution is -2.23. The van der Waals surface area contributed by atoms with Crippen LogP contribution in [0.4, 0.5) is 17.1 Å². The highest BCUT2D eigenvalue weighted by atomic mass is 16.6. The number of anilines is 1. The van der Waals surface area contributed by atoms with E-state index in [-0.39, 0.29) is 12.2 Å². The quantitative estimate of drug-likeness (QED) is 0.490. The van der Waals surface area contributed by atoms with Gasteiger partial charge in [-0.25, -0.2) is 0 Å². The van der Waals surface area contributed by atoms with Crippen LogP contribution in [0.5, 0.6) is 0 Å². The fraction of sp³-hybridized carbons (Fsp3) is 0.333. The Morgan fingerprint density at radius 3 is 2.44 bits per heavy atom. The minimum Gasteiger partial charge on any atom is -0.394 e. The standard InChI is InChI=1S/C9H11N3O6/c13-5-7(14)4-10-8-2-1-6(11(15)16)3-9(8)12(17)18/h1-3,7,10,13-14H,4-5H2. The van der Waals surface area contributed by atoms with E-state index in [9.17, 15) is 20.2 Å². The van der Waals surface area contributed by atoms with Crippen molar-refractivity contribution in [2.45, 2.75) is 6.10 Å². The maximum absolute atomic E-state index is 10.7. The van der Waals surface area contributed by atoms with Gasteiger partial charge in [0.2, 0.25) is 0 Å². The molecule has 0 aliphatic carbocycles. The van der Waals surface area contributed by atoms with E-state index in [0.29, 0.717) is 0 Å². The van der Waals surface area contributed by atoms with E-state index in [1.807, 2.05) is 0 Å². The molecule has 0 heterocycles. The fourth-order valence-corrected chi connectivity index (χ4v) is 1.23. The molecule has 1 unspecified atom stereocenters. The normalized spacial score (nSPS) is 11.9. The maximum Gasteiger partial charge on any atom is 0.299 e. The van der Waals surface area contributed by atoms with Gasteiger partial charge in [0.05, 0.1) is 28.6 Å². The second-order valence-electron chi connectivity index (χ2n) is 3.43. The van der Waals surface area contributed by atoms with Crippen LogP contribution in [0.15, 0.2) is 18.2 Å². The number of nitro groups is 2. The third-order valence-electron chi connectivity index (χ3n) is 2.13. The molecule has 3 N–H and O–H groups in total. The fourth-order valence-electron chi connectivity index (χ4n) is 1.23. The first-order chi connectivity index (χ1) is 8.45. The van der Waals surface area contributed by atoms with Crippen molar-refractivity contribution in [3.8, 4) is 0 Å². The van der Waals surface area contributed by atoms with Crippen LogP contribution in [0.3, 0.4) is 0 Å². The molecule has 0 spiro atoms. The average molecular weight is 257 g/mol. The summed E-state index contributed by atoms with van der Waals surface area (Å²) in [6.07, 6.45) is -1.07. The molecule has 0 fully saturated rings. The molecule has 9 nitrogen and oxygen atoms in total. The van der Waals surface area contributed by atoms with E-state index in [1.54, 1.807) is 0 Å². The second kappa shape index (κ2) is 5.89. The summed E-state index contributed by atoms with van der Waals surface area (Å²) in [4.78, 5) is 19.7.